The lowest BCUT2D eigenvalue weighted by atomic mass is 9.90. The van der Waals surface area contributed by atoms with E-state index in [0.29, 0.717) is 12.1 Å². The molecule has 1 aliphatic carbocycles. The highest BCUT2D eigenvalue weighted by Gasteiger charge is 2.28. The van der Waals surface area contributed by atoms with E-state index in [1.165, 1.54) is 0 Å². The fourth-order valence-electron chi connectivity index (χ4n) is 1.95. The Morgan fingerprint density at radius 2 is 2.29 bits per heavy atom. The predicted molar refractivity (Wildman–Crippen MR) is 54.2 cm³/mol. The molecule has 1 unspecified atom stereocenters. The summed E-state index contributed by atoms with van der Waals surface area (Å²) < 4.78 is 11.3. The Bertz CT molecular complexity index is 183. The number of hydrogen-bond donors (Lipinski definition) is 1. The van der Waals surface area contributed by atoms with Crippen molar-refractivity contribution in [2.45, 2.75) is 31.1 Å². The maximum atomic E-state index is 5.70. The molecule has 0 aromatic carbocycles. The summed E-state index contributed by atoms with van der Waals surface area (Å²) in [5.74, 6) is 0. The molecule has 0 aromatic heterocycles. The van der Waals surface area contributed by atoms with E-state index in [1.54, 1.807) is 0 Å². The first kappa shape index (κ1) is 10.4. The van der Waals surface area contributed by atoms with Gasteiger partial charge in [0.1, 0.15) is 0 Å². The summed E-state index contributed by atoms with van der Waals surface area (Å²) in [4.78, 5) is 2.28. The molecule has 14 heavy (non-hydrogen) atoms. The van der Waals surface area contributed by atoms with Gasteiger partial charge in [0, 0.05) is 19.1 Å². The Labute approximate surface area is 85.3 Å². The van der Waals surface area contributed by atoms with Crippen LogP contribution < -0.4 is 5.73 Å². The molecule has 1 aliphatic heterocycles. The second kappa shape index (κ2) is 4.57. The van der Waals surface area contributed by atoms with Crippen LogP contribution in [0.25, 0.3) is 0 Å². The van der Waals surface area contributed by atoms with Gasteiger partial charge in [-0.25, -0.2) is 0 Å². The van der Waals surface area contributed by atoms with Crippen molar-refractivity contribution < 1.29 is 9.47 Å². The van der Waals surface area contributed by atoms with Crippen LogP contribution in [0.3, 0.4) is 0 Å². The number of morpholine rings is 1. The normalized spacial score (nSPS) is 39.4. The third kappa shape index (κ3) is 2.67. The lowest BCUT2D eigenvalue weighted by molar-refractivity contribution is -0.0971. The summed E-state index contributed by atoms with van der Waals surface area (Å²) in [6, 6.07) is 0.370. The topological polar surface area (TPSA) is 47.7 Å². The van der Waals surface area contributed by atoms with Crippen LogP contribution in [0.4, 0.5) is 0 Å². The zero-order chi connectivity index (χ0) is 9.97. The van der Waals surface area contributed by atoms with Gasteiger partial charge in [0.2, 0.25) is 0 Å². The zero-order valence-corrected chi connectivity index (χ0v) is 8.82. The van der Waals surface area contributed by atoms with E-state index < -0.39 is 0 Å². The maximum absolute atomic E-state index is 5.70. The van der Waals surface area contributed by atoms with Crippen LogP contribution in [0.2, 0.25) is 0 Å². The van der Waals surface area contributed by atoms with Crippen LogP contribution in [0, 0.1) is 0 Å². The second-order valence-corrected chi connectivity index (χ2v) is 4.44. The molecule has 2 fully saturated rings. The fraction of sp³-hybridized carbons (Fsp3) is 1.00. The summed E-state index contributed by atoms with van der Waals surface area (Å²) in [6.07, 6.45) is 2.68. The predicted octanol–water partition coefficient (Wildman–Crippen LogP) is -0.177. The Hall–Kier alpha value is -0.160. The number of nitrogens with two attached hydrogens (primary N) is 1. The highest BCUT2D eigenvalue weighted by molar-refractivity contribution is 4.83. The smallest absolute Gasteiger partial charge is 0.0935 e. The molecular weight excluding hydrogens is 180 g/mol. The molecule has 4 nitrogen and oxygen atoms in total. The van der Waals surface area contributed by atoms with Crippen molar-refractivity contribution in [3.8, 4) is 0 Å². The standard InChI is InChI=1S/C10H20N2O2/c1-12-2-3-13-10(6-12)7-14-9-4-8(11)5-9/h8-10H,2-7,11H2,1H3. The molecule has 4 heteroatoms. The summed E-state index contributed by atoms with van der Waals surface area (Å²) in [5, 5.41) is 0. The van der Waals surface area contributed by atoms with Crippen LogP contribution in [0.5, 0.6) is 0 Å². The Balaban J connectivity index is 1.60. The molecule has 1 atom stereocenters. The van der Waals surface area contributed by atoms with E-state index >= 15 is 0 Å². The van der Waals surface area contributed by atoms with Crippen molar-refractivity contribution in [1.82, 2.24) is 4.90 Å². The van der Waals surface area contributed by atoms with Gasteiger partial charge in [0.15, 0.2) is 0 Å². The summed E-state index contributed by atoms with van der Waals surface area (Å²) >= 11 is 0. The number of rotatable bonds is 3. The van der Waals surface area contributed by atoms with Gasteiger partial charge >= 0.3 is 0 Å². The van der Waals surface area contributed by atoms with Crippen LogP contribution >= 0.6 is 0 Å². The molecule has 0 aromatic rings. The Kier molecular flexibility index (Phi) is 3.38. The first-order valence-electron chi connectivity index (χ1n) is 5.41. The first-order chi connectivity index (χ1) is 6.74. The van der Waals surface area contributed by atoms with E-state index in [4.69, 9.17) is 15.2 Å². The van der Waals surface area contributed by atoms with E-state index in [2.05, 4.69) is 11.9 Å². The molecule has 0 spiro atoms. The van der Waals surface area contributed by atoms with Crippen molar-refractivity contribution in [3.63, 3.8) is 0 Å². The van der Waals surface area contributed by atoms with Gasteiger partial charge in [-0.1, -0.05) is 0 Å². The lowest BCUT2D eigenvalue weighted by Gasteiger charge is -2.35. The van der Waals surface area contributed by atoms with Crippen LogP contribution in [0.1, 0.15) is 12.8 Å². The average Bonchev–Trinajstić information content (AvgIpc) is 2.11. The van der Waals surface area contributed by atoms with Gasteiger partial charge < -0.3 is 20.1 Å². The summed E-state index contributed by atoms with van der Waals surface area (Å²) in [6.45, 7) is 3.57. The van der Waals surface area contributed by atoms with E-state index in [9.17, 15) is 0 Å². The monoisotopic (exact) mass is 200 g/mol. The molecule has 0 radical (unpaired) electrons. The number of ether oxygens (including phenoxy) is 2. The minimum absolute atomic E-state index is 0.255. The van der Waals surface area contributed by atoms with E-state index in [0.717, 1.165) is 39.1 Å². The first-order valence-corrected chi connectivity index (χ1v) is 5.41. The van der Waals surface area contributed by atoms with E-state index in [-0.39, 0.29) is 6.10 Å². The van der Waals surface area contributed by atoms with Crippen molar-refractivity contribution in [2.24, 2.45) is 5.73 Å². The van der Waals surface area contributed by atoms with Gasteiger partial charge in [-0.05, 0) is 19.9 Å². The number of hydrogen-bond acceptors (Lipinski definition) is 4. The molecule has 1 saturated carbocycles. The summed E-state index contributed by atoms with van der Waals surface area (Å²) in [7, 11) is 2.12. The number of nitrogens with zero attached hydrogens (tertiary/aromatic N) is 1. The Morgan fingerprint density at radius 3 is 2.93 bits per heavy atom. The van der Waals surface area contributed by atoms with Crippen molar-refractivity contribution in [1.29, 1.82) is 0 Å². The van der Waals surface area contributed by atoms with Crippen molar-refractivity contribution in [2.75, 3.05) is 33.4 Å². The zero-order valence-electron chi connectivity index (χ0n) is 8.82. The molecule has 2 N–H and O–H groups in total. The van der Waals surface area contributed by atoms with Gasteiger partial charge in [-0.15, -0.1) is 0 Å². The van der Waals surface area contributed by atoms with Gasteiger partial charge in [-0.2, -0.15) is 0 Å². The molecule has 82 valence electrons. The third-order valence-corrected chi connectivity index (χ3v) is 2.99. The molecule has 1 saturated heterocycles. The number of likely N-dealkylation sites (N-methyl/N-ethyl adjacent to an activating group) is 1. The fourth-order valence-corrected chi connectivity index (χ4v) is 1.95. The minimum Gasteiger partial charge on any atom is -0.375 e. The van der Waals surface area contributed by atoms with Gasteiger partial charge in [0.25, 0.3) is 0 Å². The van der Waals surface area contributed by atoms with Gasteiger partial charge in [0.05, 0.1) is 25.4 Å². The maximum Gasteiger partial charge on any atom is 0.0935 e. The molecule has 0 bridgehead atoms. The second-order valence-electron chi connectivity index (χ2n) is 4.44. The Morgan fingerprint density at radius 1 is 1.50 bits per heavy atom. The molecular formula is C10H20N2O2. The van der Waals surface area contributed by atoms with Crippen molar-refractivity contribution in [3.05, 3.63) is 0 Å². The molecule has 2 aliphatic rings. The lowest BCUT2D eigenvalue weighted by Crippen LogP contribution is -2.46. The largest absolute Gasteiger partial charge is 0.375 e. The average molecular weight is 200 g/mol. The van der Waals surface area contributed by atoms with E-state index in [1.807, 2.05) is 0 Å². The quantitative estimate of drug-likeness (QED) is 0.687. The highest BCUT2D eigenvalue weighted by Crippen LogP contribution is 2.21. The molecule has 1 heterocycles. The molecule has 2 rings (SSSR count). The van der Waals surface area contributed by atoms with Crippen LogP contribution in [-0.2, 0) is 9.47 Å². The van der Waals surface area contributed by atoms with Crippen molar-refractivity contribution >= 4 is 0 Å². The van der Waals surface area contributed by atoms with Crippen LogP contribution in [0.15, 0.2) is 0 Å². The third-order valence-electron chi connectivity index (χ3n) is 2.99. The SMILES string of the molecule is CN1CCOC(COC2CC(N)C2)C1. The highest BCUT2D eigenvalue weighted by atomic mass is 16.5. The van der Waals surface area contributed by atoms with Crippen LogP contribution in [-0.4, -0.2) is 56.5 Å². The molecule has 0 amide bonds. The van der Waals surface area contributed by atoms with Gasteiger partial charge in [-0.3, -0.25) is 0 Å². The summed E-state index contributed by atoms with van der Waals surface area (Å²) in [5.41, 5.74) is 5.68. The minimum atomic E-state index is 0.255.